The van der Waals surface area contributed by atoms with Crippen LogP contribution in [0.25, 0.3) is 5.65 Å². The van der Waals surface area contributed by atoms with Gasteiger partial charge in [0.15, 0.2) is 17.4 Å². The maximum atomic E-state index is 5.98. The minimum absolute atomic E-state index is 0.210. The molecule has 4 rings (SSSR count). The number of pyridine rings is 1. The monoisotopic (exact) mass is 343 g/mol. The zero-order valence-electron chi connectivity index (χ0n) is 14.6. The van der Waals surface area contributed by atoms with Gasteiger partial charge in [-0.05, 0) is 31.5 Å². The van der Waals surface area contributed by atoms with Gasteiger partial charge >= 0.3 is 0 Å². The molecular weight excluding hydrogens is 318 g/mol. The van der Waals surface area contributed by atoms with Crippen molar-refractivity contribution in [3.05, 3.63) is 30.2 Å². The number of hydrogen-bond acceptors (Lipinski definition) is 5. The normalized spacial score (nSPS) is 24.4. The van der Waals surface area contributed by atoms with Crippen LogP contribution in [0.15, 0.2) is 29.4 Å². The summed E-state index contributed by atoms with van der Waals surface area (Å²) < 4.78 is 7.95. The molecule has 0 spiro atoms. The second-order valence-corrected chi connectivity index (χ2v) is 6.60. The van der Waals surface area contributed by atoms with Gasteiger partial charge in [-0.3, -0.25) is 14.3 Å². The van der Waals surface area contributed by atoms with Gasteiger partial charge in [-0.25, -0.2) is 0 Å². The Morgan fingerprint density at radius 1 is 1.36 bits per heavy atom. The number of morpholine rings is 1. The van der Waals surface area contributed by atoms with Crippen LogP contribution in [0.3, 0.4) is 0 Å². The van der Waals surface area contributed by atoms with Gasteiger partial charge in [-0.1, -0.05) is 6.07 Å². The van der Waals surface area contributed by atoms with E-state index in [1.54, 1.807) is 7.05 Å². The van der Waals surface area contributed by atoms with Crippen molar-refractivity contribution in [1.29, 1.82) is 0 Å². The average Bonchev–Trinajstić information content (AvgIpc) is 3.28. The highest BCUT2D eigenvalue weighted by Crippen LogP contribution is 2.22. The number of nitrogens with one attached hydrogen (secondary N) is 2. The molecule has 0 radical (unpaired) electrons. The first kappa shape index (κ1) is 16.3. The highest BCUT2D eigenvalue weighted by Gasteiger charge is 2.32. The van der Waals surface area contributed by atoms with Crippen molar-refractivity contribution in [3.63, 3.8) is 0 Å². The van der Waals surface area contributed by atoms with E-state index in [1.165, 1.54) is 19.4 Å². The quantitative estimate of drug-likeness (QED) is 0.612. The summed E-state index contributed by atoms with van der Waals surface area (Å²) in [5.41, 5.74) is 0.845. The first-order valence-electron chi connectivity index (χ1n) is 8.92. The summed E-state index contributed by atoms with van der Waals surface area (Å²) >= 11 is 0. The van der Waals surface area contributed by atoms with E-state index in [2.05, 4.69) is 30.7 Å². The molecule has 0 aromatic carbocycles. The van der Waals surface area contributed by atoms with E-state index in [9.17, 15) is 0 Å². The number of ether oxygens (including phenoxy) is 1. The van der Waals surface area contributed by atoms with Gasteiger partial charge in [0.2, 0.25) is 0 Å². The van der Waals surface area contributed by atoms with Crippen molar-refractivity contribution in [3.8, 4) is 0 Å². The molecule has 2 aliphatic heterocycles. The topological polar surface area (TPSA) is 79.1 Å². The summed E-state index contributed by atoms with van der Waals surface area (Å²) in [5, 5.41) is 15.0. The standard InChI is InChI=1S/C17H25N7O/c1-18-17(19-9-14-11-23-7-4-5-13(23)12-25-14)20-10-16-22-21-15-6-2-3-8-24(15)16/h2-3,6,8,13-14H,4-5,7,9-12H2,1H3,(H2,18,19,20). The number of guanidine groups is 1. The summed E-state index contributed by atoms with van der Waals surface area (Å²) in [6.07, 6.45) is 4.74. The molecule has 4 heterocycles. The zero-order chi connectivity index (χ0) is 17.1. The molecule has 0 aliphatic carbocycles. The van der Waals surface area contributed by atoms with Crippen molar-refractivity contribution < 1.29 is 4.74 Å². The molecule has 0 amide bonds. The molecular formula is C17H25N7O. The molecule has 8 heteroatoms. The fourth-order valence-corrected chi connectivity index (χ4v) is 3.61. The lowest BCUT2D eigenvalue weighted by Gasteiger charge is -2.35. The zero-order valence-corrected chi connectivity index (χ0v) is 14.6. The predicted molar refractivity (Wildman–Crippen MR) is 95.5 cm³/mol. The molecule has 8 nitrogen and oxygen atoms in total. The SMILES string of the molecule is CN=C(NCc1nnc2ccccn12)NCC1CN2CCCC2CO1. The van der Waals surface area contributed by atoms with Gasteiger partial charge in [-0.2, -0.15) is 0 Å². The van der Waals surface area contributed by atoms with Crippen LogP contribution < -0.4 is 10.6 Å². The van der Waals surface area contributed by atoms with Crippen molar-refractivity contribution in [2.75, 3.05) is 33.3 Å². The largest absolute Gasteiger partial charge is 0.373 e. The Balaban J connectivity index is 1.28. The van der Waals surface area contributed by atoms with Gasteiger partial charge in [0.25, 0.3) is 0 Å². The Hall–Kier alpha value is -2.19. The lowest BCUT2D eigenvalue weighted by Crippen LogP contribution is -2.51. The van der Waals surface area contributed by atoms with E-state index in [1.807, 2.05) is 28.8 Å². The van der Waals surface area contributed by atoms with Crippen LogP contribution >= 0.6 is 0 Å². The molecule has 2 atom stereocenters. The third kappa shape index (κ3) is 3.59. The van der Waals surface area contributed by atoms with E-state index in [4.69, 9.17) is 4.74 Å². The van der Waals surface area contributed by atoms with Crippen LogP contribution in [0.2, 0.25) is 0 Å². The maximum absolute atomic E-state index is 5.98. The Bertz CT molecular complexity index is 743. The molecule has 134 valence electrons. The summed E-state index contributed by atoms with van der Waals surface area (Å²) in [6.45, 7) is 4.37. The van der Waals surface area contributed by atoms with E-state index < -0.39 is 0 Å². The molecule has 0 bridgehead atoms. The third-order valence-corrected chi connectivity index (χ3v) is 4.98. The first-order chi connectivity index (χ1) is 12.3. The number of aromatic nitrogens is 3. The van der Waals surface area contributed by atoms with Gasteiger partial charge < -0.3 is 15.4 Å². The first-order valence-corrected chi connectivity index (χ1v) is 8.92. The van der Waals surface area contributed by atoms with Crippen molar-refractivity contribution in [2.24, 2.45) is 4.99 Å². The Kier molecular flexibility index (Phi) is 4.80. The van der Waals surface area contributed by atoms with Crippen LogP contribution in [0, 0.1) is 0 Å². The van der Waals surface area contributed by atoms with Crippen LogP contribution in [-0.4, -0.2) is 70.9 Å². The number of fused-ring (bicyclic) bond motifs is 2. The van der Waals surface area contributed by atoms with Gasteiger partial charge in [0, 0.05) is 32.4 Å². The van der Waals surface area contributed by atoms with Crippen molar-refractivity contribution >= 4 is 11.6 Å². The maximum Gasteiger partial charge on any atom is 0.191 e. The smallest absolute Gasteiger partial charge is 0.191 e. The molecule has 2 aliphatic rings. The fourth-order valence-electron chi connectivity index (χ4n) is 3.61. The number of rotatable bonds is 4. The molecule has 2 unspecified atom stereocenters. The highest BCUT2D eigenvalue weighted by molar-refractivity contribution is 5.79. The summed E-state index contributed by atoms with van der Waals surface area (Å²) in [7, 11) is 1.77. The van der Waals surface area contributed by atoms with Crippen molar-refractivity contribution in [1.82, 2.24) is 30.1 Å². The second-order valence-electron chi connectivity index (χ2n) is 6.60. The highest BCUT2D eigenvalue weighted by atomic mass is 16.5. The lowest BCUT2D eigenvalue weighted by atomic mass is 10.2. The molecule has 25 heavy (non-hydrogen) atoms. The van der Waals surface area contributed by atoms with Gasteiger partial charge in [-0.15, -0.1) is 10.2 Å². The third-order valence-electron chi connectivity index (χ3n) is 4.98. The molecule has 2 fully saturated rings. The van der Waals surface area contributed by atoms with Crippen LogP contribution in [-0.2, 0) is 11.3 Å². The Morgan fingerprint density at radius 3 is 3.24 bits per heavy atom. The number of hydrogen-bond donors (Lipinski definition) is 2. The second kappa shape index (κ2) is 7.37. The van der Waals surface area contributed by atoms with Gasteiger partial charge in [0.1, 0.15) is 0 Å². The van der Waals surface area contributed by atoms with E-state index >= 15 is 0 Å². The summed E-state index contributed by atoms with van der Waals surface area (Å²) in [4.78, 5) is 6.84. The summed E-state index contributed by atoms with van der Waals surface area (Å²) in [5.74, 6) is 1.60. The fraction of sp³-hybridized carbons (Fsp3) is 0.588. The van der Waals surface area contributed by atoms with Crippen LogP contribution in [0.4, 0.5) is 0 Å². The average molecular weight is 343 g/mol. The predicted octanol–water partition coefficient (Wildman–Crippen LogP) is 0.258. The van der Waals surface area contributed by atoms with Crippen molar-refractivity contribution in [2.45, 2.75) is 31.5 Å². The molecule has 2 aromatic rings. The van der Waals surface area contributed by atoms with Crippen LogP contribution in [0.5, 0.6) is 0 Å². The molecule has 0 saturated carbocycles. The van der Waals surface area contributed by atoms with E-state index in [-0.39, 0.29) is 6.10 Å². The summed E-state index contributed by atoms with van der Waals surface area (Å²) in [6, 6.07) is 6.50. The van der Waals surface area contributed by atoms with E-state index in [0.717, 1.165) is 37.1 Å². The Labute approximate surface area is 147 Å². The molecule has 2 N–H and O–H groups in total. The van der Waals surface area contributed by atoms with Crippen LogP contribution in [0.1, 0.15) is 18.7 Å². The Morgan fingerprint density at radius 2 is 2.32 bits per heavy atom. The molecule has 2 aromatic heterocycles. The minimum atomic E-state index is 0.210. The van der Waals surface area contributed by atoms with E-state index in [0.29, 0.717) is 12.6 Å². The van der Waals surface area contributed by atoms with Gasteiger partial charge in [0.05, 0.1) is 19.3 Å². The number of aliphatic imine (C=N–C) groups is 1. The lowest BCUT2D eigenvalue weighted by molar-refractivity contribution is -0.0453. The number of nitrogens with zero attached hydrogens (tertiary/aromatic N) is 5. The molecule has 2 saturated heterocycles. The minimum Gasteiger partial charge on any atom is -0.373 e.